The molecule has 1 aromatic carbocycles. The number of rotatable bonds is 7. The van der Waals surface area contributed by atoms with Gasteiger partial charge in [0, 0.05) is 32.4 Å². The molecule has 0 amide bonds. The van der Waals surface area contributed by atoms with Crippen molar-refractivity contribution in [1.29, 1.82) is 0 Å². The second-order valence-electron chi connectivity index (χ2n) is 4.48. The molecule has 5 nitrogen and oxygen atoms in total. The number of aliphatic hydroxyl groups is 1. The summed E-state index contributed by atoms with van der Waals surface area (Å²) in [5.41, 5.74) is 0.158. The van der Waals surface area contributed by atoms with E-state index in [2.05, 4.69) is 5.32 Å². The lowest BCUT2D eigenvalue weighted by atomic mass is 10.0. The summed E-state index contributed by atoms with van der Waals surface area (Å²) in [6.45, 7) is 2.60. The Labute approximate surface area is 106 Å². The van der Waals surface area contributed by atoms with Crippen LogP contribution in [0.25, 0.3) is 0 Å². The highest BCUT2D eigenvalue weighted by molar-refractivity contribution is 5.87. The first-order valence-electron chi connectivity index (χ1n) is 5.73. The molecule has 1 aromatic rings. The molecule has 0 spiro atoms. The molecule has 0 aromatic heterocycles. The third-order valence-electron chi connectivity index (χ3n) is 2.65. The summed E-state index contributed by atoms with van der Waals surface area (Å²) >= 11 is 0. The summed E-state index contributed by atoms with van der Waals surface area (Å²) in [4.78, 5) is 10.7. The molecule has 3 N–H and O–H groups in total. The molecule has 0 aliphatic heterocycles. The van der Waals surface area contributed by atoms with E-state index in [1.807, 2.05) is 0 Å². The smallest absolute Gasteiger partial charge is 0.335 e. The van der Waals surface area contributed by atoms with E-state index >= 15 is 0 Å². The standard InChI is InChI=1S/C13H19NO4/c1-13(17,7-8-18-2)9-14-11-5-3-10(4-6-11)12(15)16/h3-6,14,17H,7-9H2,1-2H3,(H,15,16). The second-order valence-corrected chi connectivity index (χ2v) is 4.48. The van der Waals surface area contributed by atoms with Crippen LogP contribution in [0.15, 0.2) is 24.3 Å². The molecule has 0 bridgehead atoms. The van der Waals surface area contributed by atoms with Gasteiger partial charge >= 0.3 is 5.97 Å². The molecule has 0 aliphatic carbocycles. The Kier molecular flexibility index (Phi) is 5.12. The third kappa shape index (κ3) is 4.73. The number of carboxylic acid groups (broad SMARTS) is 1. The van der Waals surface area contributed by atoms with Crippen molar-refractivity contribution in [2.24, 2.45) is 0 Å². The highest BCUT2D eigenvalue weighted by Crippen LogP contribution is 2.14. The van der Waals surface area contributed by atoms with Crippen molar-refractivity contribution in [2.75, 3.05) is 25.6 Å². The number of benzene rings is 1. The molecule has 0 saturated heterocycles. The van der Waals surface area contributed by atoms with Crippen molar-refractivity contribution in [1.82, 2.24) is 0 Å². The third-order valence-corrected chi connectivity index (χ3v) is 2.65. The summed E-state index contributed by atoms with van der Waals surface area (Å²) in [6.07, 6.45) is 0.531. The summed E-state index contributed by atoms with van der Waals surface area (Å²) < 4.78 is 4.92. The van der Waals surface area contributed by atoms with Gasteiger partial charge in [0.2, 0.25) is 0 Å². The van der Waals surface area contributed by atoms with Gasteiger partial charge in [-0.1, -0.05) is 0 Å². The van der Waals surface area contributed by atoms with Crippen LogP contribution in [0.5, 0.6) is 0 Å². The van der Waals surface area contributed by atoms with Crippen LogP contribution in [-0.2, 0) is 4.74 Å². The Morgan fingerprint density at radius 1 is 1.39 bits per heavy atom. The summed E-state index contributed by atoms with van der Waals surface area (Å²) in [5.74, 6) is -0.950. The van der Waals surface area contributed by atoms with Gasteiger partial charge in [-0.05, 0) is 31.2 Å². The highest BCUT2D eigenvalue weighted by atomic mass is 16.5. The number of ether oxygens (including phenoxy) is 1. The van der Waals surface area contributed by atoms with Gasteiger partial charge in [-0.3, -0.25) is 0 Å². The van der Waals surface area contributed by atoms with Crippen molar-refractivity contribution >= 4 is 11.7 Å². The van der Waals surface area contributed by atoms with Gasteiger partial charge in [-0.2, -0.15) is 0 Å². The zero-order valence-electron chi connectivity index (χ0n) is 10.6. The zero-order valence-corrected chi connectivity index (χ0v) is 10.6. The number of aromatic carboxylic acids is 1. The lowest BCUT2D eigenvalue weighted by Gasteiger charge is -2.23. The zero-order chi connectivity index (χ0) is 13.6. The first-order chi connectivity index (χ1) is 8.44. The fraction of sp³-hybridized carbons (Fsp3) is 0.462. The van der Waals surface area contributed by atoms with E-state index in [1.54, 1.807) is 26.2 Å². The molecule has 0 fully saturated rings. The van der Waals surface area contributed by atoms with E-state index in [0.29, 0.717) is 19.6 Å². The molecule has 0 saturated carbocycles. The molecule has 18 heavy (non-hydrogen) atoms. The van der Waals surface area contributed by atoms with Crippen LogP contribution in [0.1, 0.15) is 23.7 Å². The van der Waals surface area contributed by atoms with Crippen molar-refractivity contribution in [3.63, 3.8) is 0 Å². The fourth-order valence-electron chi connectivity index (χ4n) is 1.43. The number of anilines is 1. The fourth-order valence-corrected chi connectivity index (χ4v) is 1.43. The minimum absolute atomic E-state index is 0.242. The Morgan fingerprint density at radius 3 is 2.50 bits per heavy atom. The minimum Gasteiger partial charge on any atom is -0.478 e. The number of methoxy groups -OCH3 is 1. The van der Waals surface area contributed by atoms with Crippen LogP contribution >= 0.6 is 0 Å². The lowest BCUT2D eigenvalue weighted by Crippen LogP contribution is -2.34. The number of carbonyl (C=O) groups is 1. The predicted molar refractivity (Wildman–Crippen MR) is 69.0 cm³/mol. The van der Waals surface area contributed by atoms with E-state index in [1.165, 1.54) is 12.1 Å². The minimum atomic E-state index is -0.950. The van der Waals surface area contributed by atoms with Crippen LogP contribution in [-0.4, -0.2) is 42.0 Å². The van der Waals surface area contributed by atoms with E-state index in [0.717, 1.165) is 5.69 Å². The maximum Gasteiger partial charge on any atom is 0.335 e. The topological polar surface area (TPSA) is 78.8 Å². The largest absolute Gasteiger partial charge is 0.478 e. The van der Waals surface area contributed by atoms with Gasteiger partial charge in [-0.15, -0.1) is 0 Å². The molecule has 1 unspecified atom stereocenters. The highest BCUT2D eigenvalue weighted by Gasteiger charge is 2.19. The van der Waals surface area contributed by atoms with Crippen molar-refractivity contribution < 1.29 is 19.7 Å². The van der Waals surface area contributed by atoms with E-state index in [9.17, 15) is 9.90 Å². The summed E-state index contributed by atoms with van der Waals surface area (Å²) in [6, 6.07) is 6.40. The molecule has 5 heteroatoms. The van der Waals surface area contributed by atoms with Crippen LogP contribution in [0.4, 0.5) is 5.69 Å². The first kappa shape index (κ1) is 14.5. The Balaban J connectivity index is 2.50. The molecule has 100 valence electrons. The molecule has 0 aliphatic rings. The SMILES string of the molecule is COCCC(C)(O)CNc1ccc(C(=O)O)cc1. The van der Waals surface area contributed by atoms with Crippen LogP contribution in [0.2, 0.25) is 0 Å². The summed E-state index contributed by atoms with van der Waals surface area (Å²) in [7, 11) is 1.59. The normalized spacial score (nSPS) is 13.9. The van der Waals surface area contributed by atoms with E-state index in [4.69, 9.17) is 9.84 Å². The number of hydrogen-bond donors (Lipinski definition) is 3. The lowest BCUT2D eigenvalue weighted by molar-refractivity contribution is 0.0357. The van der Waals surface area contributed by atoms with Crippen molar-refractivity contribution in [3.8, 4) is 0 Å². The van der Waals surface area contributed by atoms with Crippen LogP contribution in [0.3, 0.4) is 0 Å². The van der Waals surface area contributed by atoms with Gasteiger partial charge in [0.05, 0.1) is 11.2 Å². The first-order valence-corrected chi connectivity index (χ1v) is 5.73. The molecule has 0 heterocycles. The average Bonchev–Trinajstić information content (AvgIpc) is 2.35. The van der Waals surface area contributed by atoms with Gasteiger partial charge in [0.25, 0.3) is 0 Å². The molecule has 1 rings (SSSR count). The van der Waals surface area contributed by atoms with Gasteiger partial charge < -0.3 is 20.3 Å². The van der Waals surface area contributed by atoms with Crippen LogP contribution < -0.4 is 5.32 Å². The van der Waals surface area contributed by atoms with Gasteiger partial charge in [0.15, 0.2) is 0 Å². The maximum atomic E-state index is 10.7. The molecular formula is C13H19NO4. The average molecular weight is 253 g/mol. The number of nitrogens with one attached hydrogen (secondary N) is 1. The number of carboxylic acids is 1. The van der Waals surface area contributed by atoms with Gasteiger partial charge in [0.1, 0.15) is 0 Å². The van der Waals surface area contributed by atoms with Gasteiger partial charge in [-0.25, -0.2) is 4.79 Å². The molecular weight excluding hydrogens is 234 g/mol. The summed E-state index contributed by atoms with van der Waals surface area (Å²) in [5, 5.41) is 21.8. The quantitative estimate of drug-likeness (QED) is 0.687. The second kappa shape index (κ2) is 6.37. The Hall–Kier alpha value is -1.59. The predicted octanol–water partition coefficient (Wildman–Crippen LogP) is 1.58. The van der Waals surface area contributed by atoms with Crippen molar-refractivity contribution in [3.05, 3.63) is 29.8 Å². The number of hydrogen-bond acceptors (Lipinski definition) is 4. The van der Waals surface area contributed by atoms with E-state index < -0.39 is 11.6 Å². The maximum absolute atomic E-state index is 10.7. The molecule has 1 atom stereocenters. The van der Waals surface area contributed by atoms with Crippen molar-refractivity contribution in [2.45, 2.75) is 18.9 Å². The monoisotopic (exact) mass is 253 g/mol. The molecule has 0 radical (unpaired) electrons. The van der Waals surface area contributed by atoms with Crippen LogP contribution in [0, 0.1) is 0 Å². The van der Waals surface area contributed by atoms with E-state index in [-0.39, 0.29) is 5.56 Å². The Morgan fingerprint density at radius 2 is 2.00 bits per heavy atom. The Bertz CT molecular complexity index is 386.